The third-order valence-corrected chi connectivity index (χ3v) is 6.68. The highest BCUT2D eigenvalue weighted by atomic mass is 16.2. The molecule has 2 aromatic rings. The van der Waals surface area contributed by atoms with Crippen molar-refractivity contribution >= 4 is 23.4 Å². The molecule has 8 nitrogen and oxygen atoms in total. The summed E-state index contributed by atoms with van der Waals surface area (Å²) in [6, 6.07) is 9.11. The Morgan fingerprint density at radius 3 is 2.23 bits per heavy atom. The summed E-state index contributed by atoms with van der Waals surface area (Å²) in [7, 11) is 1.73. The van der Waals surface area contributed by atoms with E-state index >= 15 is 0 Å². The number of amides is 3. The molecule has 4 atom stereocenters. The number of hydrogen-bond donors (Lipinski definition) is 1. The molecule has 1 saturated carbocycles. The average Bonchev–Trinajstić information content (AvgIpc) is 3.46. The van der Waals surface area contributed by atoms with Gasteiger partial charge in [-0.05, 0) is 37.3 Å². The Morgan fingerprint density at radius 1 is 1.03 bits per heavy atom. The van der Waals surface area contributed by atoms with Crippen molar-refractivity contribution in [3.05, 3.63) is 58.5 Å². The highest BCUT2D eigenvalue weighted by molar-refractivity contribution is 6.09. The first kappa shape index (κ1) is 18.6. The van der Waals surface area contributed by atoms with Crippen molar-refractivity contribution in [2.24, 2.45) is 30.7 Å². The van der Waals surface area contributed by atoms with Gasteiger partial charge in [-0.15, -0.1) is 0 Å². The molecular weight excluding hydrogens is 384 g/mol. The fourth-order valence-electron chi connectivity index (χ4n) is 5.15. The molecule has 1 aromatic heterocycles. The van der Waals surface area contributed by atoms with Crippen LogP contribution in [0.2, 0.25) is 0 Å². The highest BCUT2D eigenvalue weighted by Crippen LogP contribution is 2.52. The average molecular weight is 406 g/mol. The van der Waals surface area contributed by atoms with E-state index in [9.17, 15) is 19.2 Å². The van der Waals surface area contributed by atoms with Crippen LogP contribution < -0.4 is 10.9 Å². The molecule has 30 heavy (non-hydrogen) atoms. The van der Waals surface area contributed by atoms with E-state index < -0.39 is 5.91 Å². The number of anilines is 1. The normalized spacial score (nSPS) is 26.5. The first-order chi connectivity index (χ1) is 14.4. The van der Waals surface area contributed by atoms with Gasteiger partial charge in [-0.1, -0.05) is 30.4 Å². The minimum absolute atomic E-state index is 0.0963. The van der Waals surface area contributed by atoms with Crippen LogP contribution in [0.5, 0.6) is 0 Å². The van der Waals surface area contributed by atoms with Crippen LogP contribution in [0.3, 0.4) is 0 Å². The molecule has 0 spiro atoms. The number of rotatable bonds is 4. The molecule has 0 radical (unpaired) electrons. The molecule has 1 aliphatic heterocycles. The van der Waals surface area contributed by atoms with Crippen LogP contribution in [-0.2, 0) is 21.4 Å². The molecule has 1 saturated heterocycles. The van der Waals surface area contributed by atoms with E-state index in [1.54, 1.807) is 30.8 Å². The Balaban J connectivity index is 1.37. The second-order valence-corrected chi connectivity index (χ2v) is 8.25. The predicted molar refractivity (Wildman–Crippen MR) is 109 cm³/mol. The summed E-state index contributed by atoms with van der Waals surface area (Å²) in [5.74, 6) is -1.59. The lowest BCUT2D eigenvalue weighted by molar-refractivity contribution is -0.143. The topological polar surface area (TPSA) is 93.4 Å². The minimum Gasteiger partial charge on any atom is -0.318 e. The van der Waals surface area contributed by atoms with Gasteiger partial charge in [0.05, 0.1) is 23.2 Å². The summed E-state index contributed by atoms with van der Waals surface area (Å²) in [6.45, 7) is 1.36. The lowest BCUT2D eigenvalue weighted by Gasteiger charge is -2.16. The summed E-state index contributed by atoms with van der Waals surface area (Å²) in [6.07, 6.45) is 4.87. The van der Waals surface area contributed by atoms with Crippen LogP contribution in [0.1, 0.15) is 12.1 Å². The predicted octanol–water partition coefficient (Wildman–Crippen LogP) is 1.23. The lowest BCUT2D eigenvalue weighted by atomic mass is 9.85. The smallest absolute Gasteiger partial charge is 0.295 e. The first-order valence-electron chi connectivity index (χ1n) is 10.1. The van der Waals surface area contributed by atoms with Crippen LogP contribution in [0.25, 0.3) is 5.69 Å². The third-order valence-electron chi connectivity index (χ3n) is 6.68. The largest absolute Gasteiger partial charge is 0.318 e. The van der Waals surface area contributed by atoms with Crippen LogP contribution >= 0.6 is 0 Å². The Morgan fingerprint density at radius 2 is 1.63 bits per heavy atom. The summed E-state index contributed by atoms with van der Waals surface area (Å²) in [4.78, 5) is 52.2. The lowest BCUT2D eigenvalue weighted by Crippen LogP contribution is -2.39. The standard InChI is InChI=1S/C22H22N4O4/c1-12-19(22(30)26(24(12)2)15-6-4-3-5-7-15)23-16(27)11-25-20(28)17-13-8-9-14(10-13)18(17)21(25)29/h3-9,13-14,17-18H,10-11H2,1-2H3,(H,23,27)/t13-,14-,17-,18+/m0/s1. The molecule has 3 aliphatic rings. The number of aromatic nitrogens is 2. The summed E-state index contributed by atoms with van der Waals surface area (Å²) in [5, 5.41) is 2.63. The monoisotopic (exact) mass is 406 g/mol. The Labute approximate surface area is 172 Å². The van der Waals surface area contributed by atoms with Crippen LogP contribution in [0.4, 0.5) is 5.69 Å². The van der Waals surface area contributed by atoms with E-state index in [1.165, 1.54) is 4.68 Å². The van der Waals surface area contributed by atoms with Gasteiger partial charge in [-0.2, -0.15) is 0 Å². The number of para-hydroxylation sites is 1. The SMILES string of the molecule is Cc1c(NC(=O)CN2C(=O)[C@@H]3[C@H](C2=O)[C@H]2C=C[C@H]3C2)c(=O)n(-c2ccccc2)n1C. The number of carbonyl (C=O) groups is 3. The van der Waals surface area contributed by atoms with E-state index in [0.717, 1.165) is 11.3 Å². The maximum atomic E-state index is 12.9. The third kappa shape index (κ3) is 2.52. The highest BCUT2D eigenvalue weighted by Gasteiger charge is 2.59. The quantitative estimate of drug-likeness (QED) is 0.611. The summed E-state index contributed by atoms with van der Waals surface area (Å²) < 4.78 is 3.12. The second kappa shape index (κ2) is 6.55. The Bertz CT molecular complexity index is 1130. The van der Waals surface area contributed by atoms with E-state index in [4.69, 9.17) is 0 Å². The van der Waals surface area contributed by atoms with Crippen molar-refractivity contribution in [1.82, 2.24) is 14.3 Å². The number of fused-ring (bicyclic) bond motifs is 5. The number of nitrogens with zero attached hydrogens (tertiary/aromatic N) is 3. The fraction of sp³-hybridized carbons (Fsp3) is 0.364. The van der Waals surface area contributed by atoms with Crippen LogP contribution in [0.15, 0.2) is 47.3 Å². The fourth-order valence-corrected chi connectivity index (χ4v) is 5.15. The Hall–Kier alpha value is -3.42. The van der Waals surface area contributed by atoms with E-state index in [2.05, 4.69) is 5.32 Å². The van der Waals surface area contributed by atoms with E-state index in [1.807, 2.05) is 30.4 Å². The van der Waals surface area contributed by atoms with Crippen LogP contribution in [0, 0.1) is 30.6 Å². The van der Waals surface area contributed by atoms with Gasteiger partial charge >= 0.3 is 0 Å². The molecule has 8 heteroatoms. The van der Waals surface area contributed by atoms with Gasteiger partial charge in [0.2, 0.25) is 17.7 Å². The molecule has 154 valence electrons. The molecule has 2 aliphatic carbocycles. The van der Waals surface area contributed by atoms with Gasteiger partial charge in [0, 0.05) is 7.05 Å². The van der Waals surface area contributed by atoms with Gasteiger partial charge < -0.3 is 5.32 Å². The van der Waals surface area contributed by atoms with Gasteiger partial charge in [0.1, 0.15) is 12.2 Å². The van der Waals surface area contributed by atoms with Gasteiger partial charge in [-0.3, -0.25) is 28.8 Å². The number of nitrogens with one attached hydrogen (secondary N) is 1. The van der Waals surface area contributed by atoms with Crippen molar-refractivity contribution in [2.45, 2.75) is 13.3 Å². The molecule has 2 bridgehead atoms. The number of hydrogen-bond acceptors (Lipinski definition) is 4. The molecule has 2 fully saturated rings. The molecule has 2 heterocycles. The van der Waals surface area contributed by atoms with Crippen molar-refractivity contribution in [3.63, 3.8) is 0 Å². The Kier molecular flexibility index (Phi) is 4.06. The van der Waals surface area contributed by atoms with Crippen molar-refractivity contribution < 1.29 is 14.4 Å². The van der Waals surface area contributed by atoms with Gasteiger partial charge in [0.25, 0.3) is 5.56 Å². The van der Waals surface area contributed by atoms with E-state index in [-0.39, 0.29) is 53.3 Å². The van der Waals surface area contributed by atoms with Crippen molar-refractivity contribution in [1.29, 1.82) is 0 Å². The zero-order valence-electron chi connectivity index (χ0n) is 16.7. The van der Waals surface area contributed by atoms with Crippen molar-refractivity contribution in [2.75, 3.05) is 11.9 Å². The first-order valence-corrected chi connectivity index (χ1v) is 10.1. The summed E-state index contributed by atoms with van der Waals surface area (Å²) in [5.41, 5.74) is 1.03. The van der Waals surface area contributed by atoms with Gasteiger partial charge in [0.15, 0.2) is 0 Å². The van der Waals surface area contributed by atoms with Gasteiger partial charge in [-0.25, -0.2) is 4.68 Å². The second-order valence-electron chi connectivity index (χ2n) is 8.25. The number of imide groups is 1. The maximum Gasteiger partial charge on any atom is 0.295 e. The van der Waals surface area contributed by atoms with E-state index in [0.29, 0.717) is 11.4 Å². The maximum absolute atomic E-state index is 12.9. The molecule has 1 N–H and O–H groups in total. The molecule has 3 amide bonds. The van der Waals surface area contributed by atoms with Crippen molar-refractivity contribution in [3.8, 4) is 5.69 Å². The molecule has 0 unspecified atom stereocenters. The zero-order chi connectivity index (χ0) is 21.2. The molecule has 1 aromatic carbocycles. The number of benzene rings is 1. The molecular formula is C22H22N4O4. The number of carbonyl (C=O) groups excluding carboxylic acids is 3. The van der Waals surface area contributed by atoms with Crippen LogP contribution in [-0.4, -0.2) is 38.5 Å². The summed E-state index contributed by atoms with van der Waals surface area (Å²) >= 11 is 0. The minimum atomic E-state index is -0.553. The molecule has 5 rings (SSSR count). The zero-order valence-corrected chi connectivity index (χ0v) is 16.7. The number of allylic oxidation sites excluding steroid dienone is 2. The number of likely N-dealkylation sites (tertiary alicyclic amines) is 1.